The van der Waals surface area contributed by atoms with Crippen molar-refractivity contribution in [3.8, 4) is 22.8 Å². The Bertz CT molecular complexity index is 1090. The smallest absolute Gasteiger partial charge is 0.440 e. The fraction of sp³-hybridized carbons (Fsp3) is 0.263. The van der Waals surface area contributed by atoms with Gasteiger partial charge in [-0.1, -0.05) is 34.5 Å². The molecule has 1 aromatic heterocycles. The Labute approximate surface area is 186 Å². The Morgan fingerprint density at radius 1 is 1.24 bits per heavy atom. The Kier molecular flexibility index (Phi) is 7.46. The number of phenols is 1. The van der Waals surface area contributed by atoms with Crippen LogP contribution in [0.1, 0.15) is 20.3 Å². The number of aromatic hydroxyl groups is 1. The van der Waals surface area contributed by atoms with Crippen LogP contribution >= 0.6 is 45.7 Å². The minimum atomic E-state index is -3.46. The number of aromatic nitrogens is 2. The lowest BCUT2D eigenvalue weighted by Crippen LogP contribution is -1.97. The third-order valence-electron chi connectivity index (χ3n) is 3.81. The van der Waals surface area contributed by atoms with Crippen molar-refractivity contribution in [1.82, 2.24) is 9.97 Å². The number of nitrogens with zero attached hydrogens (tertiary/aromatic N) is 2. The van der Waals surface area contributed by atoms with Crippen LogP contribution in [-0.4, -0.2) is 27.4 Å². The highest BCUT2D eigenvalue weighted by molar-refractivity contribution is 9.10. The Balaban J connectivity index is 1.96. The molecule has 0 saturated carbocycles. The van der Waals surface area contributed by atoms with E-state index < -0.39 is 6.80 Å². The van der Waals surface area contributed by atoms with Gasteiger partial charge in [-0.3, -0.25) is 9.51 Å². The lowest BCUT2D eigenvalue weighted by molar-refractivity contribution is 0.292. The van der Waals surface area contributed by atoms with Crippen LogP contribution in [-0.2, 0) is 9.09 Å². The molecule has 2 aromatic carbocycles. The molecule has 1 N–H and O–H groups in total. The van der Waals surface area contributed by atoms with Gasteiger partial charge in [-0.05, 0) is 55.1 Å². The molecule has 10 heteroatoms. The maximum absolute atomic E-state index is 12.9. The van der Waals surface area contributed by atoms with Gasteiger partial charge in [-0.25, -0.2) is 9.55 Å². The molecule has 0 saturated heterocycles. The third kappa shape index (κ3) is 5.25. The van der Waals surface area contributed by atoms with Crippen molar-refractivity contribution in [3.63, 3.8) is 0 Å². The molecule has 0 aliphatic heterocycles. The normalized spacial score (nSPS) is 13.4. The monoisotopic (exact) mass is 516 g/mol. The SMILES string of the molecule is CCCSP(=O)(OCC)Oc1ccc(-c2cnc3ccc(Br)cc3n2)c(Cl)c1O. The molecule has 1 atom stereocenters. The molecule has 0 amide bonds. The van der Waals surface area contributed by atoms with Gasteiger partial charge in [0.05, 0.1) is 34.6 Å². The Morgan fingerprint density at radius 3 is 2.76 bits per heavy atom. The van der Waals surface area contributed by atoms with Crippen molar-refractivity contribution >= 4 is 56.7 Å². The van der Waals surface area contributed by atoms with Gasteiger partial charge in [0.15, 0.2) is 11.5 Å². The first-order valence-electron chi connectivity index (χ1n) is 8.89. The first kappa shape index (κ1) is 22.4. The predicted molar refractivity (Wildman–Crippen MR) is 122 cm³/mol. The second-order valence-electron chi connectivity index (χ2n) is 5.95. The van der Waals surface area contributed by atoms with Gasteiger partial charge in [0.25, 0.3) is 0 Å². The molecule has 154 valence electrons. The fourth-order valence-electron chi connectivity index (χ4n) is 2.50. The minimum absolute atomic E-state index is 0.00405. The minimum Gasteiger partial charge on any atom is -0.503 e. The lowest BCUT2D eigenvalue weighted by Gasteiger charge is -2.19. The standard InChI is InChI=1S/C19H19BrClN2O4PS/c1-3-9-29-28(25,26-4-2)27-17-8-6-13(18(21)19(17)24)16-11-22-14-7-5-12(20)10-15(14)23-16/h5-8,10-11,24H,3-4,9H2,1-2H3. The maximum Gasteiger partial charge on any atom is 0.440 e. The number of benzene rings is 2. The van der Waals surface area contributed by atoms with E-state index in [1.54, 1.807) is 19.2 Å². The van der Waals surface area contributed by atoms with E-state index in [4.69, 9.17) is 20.6 Å². The molecule has 1 heterocycles. The van der Waals surface area contributed by atoms with Gasteiger partial charge < -0.3 is 9.63 Å². The van der Waals surface area contributed by atoms with E-state index in [1.165, 1.54) is 6.07 Å². The molecule has 29 heavy (non-hydrogen) atoms. The summed E-state index contributed by atoms with van der Waals surface area (Å²) in [7, 11) is 0. The van der Waals surface area contributed by atoms with Crippen LogP contribution in [0.3, 0.4) is 0 Å². The van der Waals surface area contributed by atoms with Crippen LogP contribution in [0.15, 0.2) is 41.0 Å². The number of hydrogen-bond donors (Lipinski definition) is 1. The predicted octanol–water partition coefficient (Wildman–Crippen LogP) is 7.08. The van der Waals surface area contributed by atoms with Crippen molar-refractivity contribution in [1.29, 1.82) is 0 Å². The van der Waals surface area contributed by atoms with Crippen LogP contribution < -0.4 is 4.52 Å². The summed E-state index contributed by atoms with van der Waals surface area (Å²) >= 11 is 10.9. The summed E-state index contributed by atoms with van der Waals surface area (Å²) in [6.45, 7) is 0.459. The highest BCUT2D eigenvalue weighted by Crippen LogP contribution is 2.61. The molecule has 0 aliphatic carbocycles. The number of halogens is 2. The van der Waals surface area contributed by atoms with Crippen molar-refractivity contribution < 1.29 is 18.7 Å². The van der Waals surface area contributed by atoms with E-state index in [1.807, 2.05) is 25.1 Å². The molecule has 0 spiro atoms. The zero-order valence-corrected chi connectivity index (χ0v) is 19.8. The molecule has 3 rings (SSSR count). The third-order valence-corrected chi connectivity index (χ3v) is 8.62. The molecular formula is C19H19BrClN2O4PS. The maximum atomic E-state index is 12.9. The highest BCUT2D eigenvalue weighted by atomic mass is 79.9. The van der Waals surface area contributed by atoms with Gasteiger partial charge in [-0.15, -0.1) is 0 Å². The number of fused-ring (bicyclic) bond motifs is 1. The number of phenolic OH excluding ortho intramolecular Hbond substituents is 1. The van der Waals surface area contributed by atoms with Crippen LogP contribution in [0.2, 0.25) is 5.02 Å². The van der Waals surface area contributed by atoms with Crippen LogP contribution in [0, 0.1) is 0 Å². The zero-order valence-electron chi connectivity index (χ0n) is 15.8. The van der Waals surface area contributed by atoms with Crippen molar-refractivity contribution in [2.75, 3.05) is 12.4 Å². The molecule has 0 aliphatic rings. The van der Waals surface area contributed by atoms with E-state index in [9.17, 15) is 9.67 Å². The number of hydrogen-bond acceptors (Lipinski definition) is 7. The molecule has 1 unspecified atom stereocenters. The van der Waals surface area contributed by atoms with Gasteiger partial charge in [0.2, 0.25) is 0 Å². The zero-order chi connectivity index (χ0) is 21.0. The van der Waals surface area contributed by atoms with Crippen LogP contribution in [0.4, 0.5) is 0 Å². The average Bonchev–Trinajstić information content (AvgIpc) is 2.70. The Hall–Kier alpha value is -1.31. The van der Waals surface area contributed by atoms with E-state index in [2.05, 4.69) is 25.9 Å². The highest BCUT2D eigenvalue weighted by Gasteiger charge is 2.29. The molecule has 0 fully saturated rings. The first-order chi connectivity index (χ1) is 13.9. The van der Waals surface area contributed by atoms with Crippen LogP contribution in [0.25, 0.3) is 22.3 Å². The average molecular weight is 518 g/mol. The summed E-state index contributed by atoms with van der Waals surface area (Å²) < 4.78 is 24.6. The summed E-state index contributed by atoms with van der Waals surface area (Å²) in [6.07, 6.45) is 2.40. The second kappa shape index (κ2) is 9.67. The van der Waals surface area contributed by atoms with Gasteiger partial charge in [0, 0.05) is 15.8 Å². The number of rotatable bonds is 8. The van der Waals surface area contributed by atoms with E-state index >= 15 is 0 Å². The van der Waals surface area contributed by atoms with Gasteiger partial charge in [-0.2, -0.15) is 0 Å². The van der Waals surface area contributed by atoms with E-state index in [0.29, 0.717) is 22.5 Å². The molecule has 0 bridgehead atoms. The van der Waals surface area contributed by atoms with Crippen LogP contribution in [0.5, 0.6) is 11.5 Å². The molecule has 3 aromatic rings. The molecule has 6 nitrogen and oxygen atoms in total. The van der Waals surface area contributed by atoms with Crippen molar-refractivity contribution in [2.24, 2.45) is 0 Å². The van der Waals surface area contributed by atoms with Gasteiger partial charge >= 0.3 is 6.80 Å². The largest absolute Gasteiger partial charge is 0.503 e. The fourth-order valence-corrected chi connectivity index (χ4v) is 6.55. The lowest BCUT2D eigenvalue weighted by atomic mass is 10.1. The second-order valence-corrected chi connectivity index (χ2v) is 11.4. The van der Waals surface area contributed by atoms with Crippen molar-refractivity contribution in [3.05, 3.63) is 46.0 Å². The summed E-state index contributed by atoms with van der Waals surface area (Å²) in [6, 6.07) is 8.73. The summed E-state index contributed by atoms with van der Waals surface area (Å²) in [4.78, 5) is 8.96. The molecular weight excluding hydrogens is 499 g/mol. The van der Waals surface area contributed by atoms with Gasteiger partial charge in [0.1, 0.15) is 0 Å². The summed E-state index contributed by atoms with van der Waals surface area (Å²) in [5, 5.41) is 10.6. The Morgan fingerprint density at radius 2 is 2.03 bits per heavy atom. The topological polar surface area (TPSA) is 81.5 Å². The first-order valence-corrected chi connectivity index (χ1v) is 13.2. The molecule has 0 radical (unpaired) electrons. The van der Waals surface area contributed by atoms with E-state index in [-0.39, 0.29) is 23.1 Å². The van der Waals surface area contributed by atoms with E-state index in [0.717, 1.165) is 27.8 Å². The summed E-state index contributed by atoms with van der Waals surface area (Å²) in [5.74, 6) is 0.277. The van der Waals surface area contributed by atoms with Crippen molar-refractivity contribution in [2.45, 2.75) is 20.3 Å². The summed E-state index contributed by atoms with van der Waals surface area (Å²) in [5.41, 5.74) is 2.40. The quantitative estimate of drug-likeness (QED) is 0.320.